The van der Waals surface area contributed by atoms with Gasteiger partial charge in [0.25, 0.3) is 0 Å². The second-order valence-electron chi connectivity index (χ2n) is 5.22. The fourth-order valence-corrected chi connectivity index (χ4v) is 2.99. The normalized spacial score (nSPS) is 10.8. The van der Waals surface area contributed by atoms with Gasteiger partial charge < -0.3 is 14.5 Å². The zero-order valence-electron chi connectivity index (χ0n) is 13.8. The van der Waals surface area contributed by atoms with E-state index in [0.717, 1.165) is 23.4 Å². The van der Waals surface area contributed by atoms with Gasteiger partial charge in [0, 0.05) is 36.6 Å². The van der Waals surface area contributed by atoms with Crippen LogP contribution >= 0.6 is 23.4 Å². The second-order valence-corrected chi connectivity index (χ2v) is 6.64. The molecule has 0 radical (unpaired) electrons. The number of carbonyl (C=O) groups excluding carboxylic acids is 1. The van der Waals surface area contributed by atoms with Crippen LogP contribution < -0.4 is 5.32 Å². The average Bonchev–Trinajstić information content (AvgIpc) is 2.93. The molecule has 0 fully saturated rings. The van der Waals surface area contributed by atoms with Crippen molar-refractivity contribution in [2.75, 3.05) is 26.0 Å². The van der Waals surface area contributed by atoms with Gasteiger partial charge in [-0.25, -0.2) is 4.98 Å². The molecule has 1 amide bonds. The topological polar surface area (TPSA) is 64.4 Å². The monoisotopic (exact) mass is 368 g/mol. The van der Waals surface area contributed by atoms with Crippen LogP contribution in [0.25, 0.3) is 11.5 Å². The SMILES string of the molecule is COCCCNC(=O)CSCc1nc(-c2ccc(Cl)cc2)oc1C. The van der Waals surface area contributed by atoms with E-state index in [4.69, 9.17) is 20.8 Å². The van der Waals surface area contributed by atoms with Crippen LogP contribution in [0.4, 0.5) is 0 Å². The minimum atomic E-state index is 0.0233. The number of aromatic nitrogens is 1. The van der Waals surface area contributed by atoms with Gasteiger partial charge in [0.2, 0.25) is 11.8 Å². The number of ether oxygens (including phenoxy) is 1. The van der Waals surface area contributed by atoms with Crippen LogP contribution in [0.15, 0.2) is 28.7 Å². The highest BCUT2D eigenvalue weighted by atomic mass is 35.5. The number of halogens is 1. The van der Waals surface area contributed by atoms with Gasteiger partial charge >= 0.3 is 0 Å². The van der Waals surface area contributed by atoms with Crippen LogP contribution in [0.5, 0.6) is 0 Å². The fourth-order valence-electron chi connectivity index (χ4n) is 2.01. The van der Waals surface area contributed by atoms with Crippen LogP contribution in [-0.4, -0.2) is 36.9 Å². The molecule has 130 valence electrons. The summed E-state index contributed by atoms with van der Waals surface area (Å²) in [7, 11) is 1.65. The molecule has 1 aromatic heterocycles. The number of rotatable bonds is 9. The minimum absolute atomic E-state index is 0.0233. The Kier molecular flexibility index (Phi) is 7.62. The van der Waals surface area contributed by atoms with Crippen molar-refractivity contribution >= 4 is 29.3 Å². The molecule has 2 rings (SSSR count). The maximum absolute atomic E-state index is 11.7. The summed E-state index contributed by atoms with van der Waals surface area (Å²) in [6.45, 7) is 3.17. The number of hydrogen-bond acceptors (Lipinski definition) is 5. The van der Waals surface area contributed by atoms with Gasteiger partial charge in [0.05, 0.1) is 11.4 Å². The Bertz CT molecular complexity index is 658. The van der Waals surface area contributed by atoms with Crippen LogP contribution in [0.1, 0.15) is 17.9 Å². The van der Waals surface area contributed by atoms with Crippen molar-refractivity contribution in [3.05, 3.63) is 40.7 Å². The molecule has 0 saturated heterocycles. The molecular weight excluding hydrogens is 348 g/mol. The number of methoxy groups -OCH3 is 1. The minimum Gasteiger partial charge on any atom is -0.441 e. The highest BCUT2D eigenvalue weighted by Gasteiger charge is 2.12. The lowest BCUT2D eigenvalue weighted by atomic mass is 10.2. The molecule has 5 nitrogen and oxygen atoms in total. The molecule has 0 atom stereocenters. The summed E-state index contributed by atoms with van der Waals surface area (Å²) in [4.78, 5) is 16.2. The van der Waals surface area contributed by atoms with Gasteiger partial charge in [-0.05, 0) is 37.6 Å². The second kappa shape index (κ2) is 9.71. The molecule has 0 aliphatic carbocycles. The molecule has 24 heavy (non-hydrogen) atoms. The molecule has 0 spiro atoms. The molecule has 0 aliphatic rings. The van der Waals surface area contributed by atoms with E-state index in [0.29, 0.717) is 35.6 Å². The molecule has 0 unspecified atom stereocenters. The maximum Gasteiger partial charge on any atom is 0.230 e. The summed E-state index contributed by atoms with van der Waals surface area (Å²) in [5, 5.41) is 3.53. The van der Waals surface area contributed by atoms with Gasteiger partial charge in [-0.3, -0.25) is 4.79 Å². The van der Waals surface area contributed by atoms with E-state index < -0.39 is 0 Å². The molecule has 1 aromatic carbocycles. The van der Waals surface area contributed by atoms with Gasteiger partial charge in [-0.2, -0.15) is 0 Å². The Morgan fingerprint density at radius 3 is 2.83 bits per heavy atom. The molecule has 0 bridgehead atoms. The van der Waals surface area contributed by atoms with Crippen molar-refractivity contribution in [2.45, 2.75) is 19.1 Å². The largest absolute Gasteiger partial charge is 0.441 e. The first kappa shape index (κ1) is 18.8. The summed E-state index contributed by atoms with van der Waals surface area (Å²) >= 11 is 7.40. The van der Waals surface area contributed by atoms with E-state index in [1.807, 2.05) is 19.1 Å². The summed E-state index contributed by atoms with van der Waals surface area (Å²) in [6.07, 6.45) is 0.819. The number of hydrogen-bond donors (Lipinski definition) is 1. The third kappa shape index (κ3) is 5.85. The lowest BCUT2D eigenvalue weighted by Crippen LogP contribution is -2.26. The molecule has 1 N–H and O–H groups in total. The van der Waals surface area contributed by atoms with Crippen LogP contribution in [0.3, 0.4) is 0 Å². The number of thioether (sulfide) groups is 1. The number of benzene rings is 1. The number of aryl methyl sites for hydroxylation is 1. The van der Waals surface area contributed by atoms with Gasteiger partial charge in [-0.15, -0.1) is 11.8 Å². The van der Waals surface area contributed by atoms with E-state index in [1.165, 1.54) is 11.8 Å². The molecule has 0 saturated carbocycles. The molecule has 1 heterocycles. The smallest absolute Gasteiger partial charge is 0.230 e. The van der Waals surface area contributed by atoms with Crippen LogP contribution in [0.2, 0.25) is 5.02 Å². The number of amides is 1. The standard InChI is InChI=1S/C17H21ClN2O3S/c1-12-15(10-24-11-16(21)19-8-3-9-22-2)20-17(23-12)13-4-6-14(18)7-5-13/h4-7H,3,8-11H2,1-2H3,(H,19,21). The Balaban J connectivity index is 1.81. The van der Waals surface area contributed by atoms with Crippen molar-refractivity contribution < 1.29 is 13.9 Å². The zero-order valence-corrected chi connectivity index (χ0v) is 15.4. The van der Waals surface area contributed by atoms with Crippen molar-refractivity contribution in [2.24, 2.45) is 0 Å². The van der Waals surface area contributed by atoms with Gasteiger partial charge in [0.1, 0.15) is 5.76 Å². The van der Waals surface area contributed by atoms with E-state index in [2.05, 4.69) is 10.3 Å². The highest BCUT2D eigenvalue weighted by Crippen LogP contribution is 2.25. The summed E-state index contributed by atoms with van der Waals surface area (Å²) in [5.74, 6) is 2.40. The van der Waals surface area contributed by atoms with E-state index in [9.17, 15) is 4.79 Å². The van der Waals surface area contributed by atoms with Crippen LogP contribution in [0, 0.1) is 6.92 Å². The van der Waals surface area contributed by atoms with Gasteiger partial charge in [-0.1, -0.05) is 11.6 Å². The Labute approximate surface area is 151 Å². The lowest BCUT2D eigenvalue weighted by Gasteiger charge is -2.04. The Morgan fingerprint density at radius 1 is 1.38 bits per heavy atom. The predicted molar refractivity (Wildman–Crippen MR) is 97.4 cm³/mol. The predicted octanol–water partition coefficient (Wildman–Crippen LogP) is 3.69. The average molecular weight is 369 g/mol. The molecule has 0 aliphatic heterocycles. The molecular formula is C17H21ClN2O3S. The quantitative estimate of drug-likeness (QED) is 0.684. The van der Waals surface area contributed by atoms with Crippen LogP contribution in [-0.2, 0) is 15.3 Å². The third-order valence-corrected chi connectivity index (χ3v) is 4.50. The third-order valence-electron chi connectivity index (χ3n) is 3.30. The van der Waals surface area contributed by atoms with Crippen molar-refractivity contribution in [1.82, 2.24) is 10.3 Å². The van der Waals surface area contributed by atoms with Crippen molar-refractivity contribution in [3.63, 3.8) is 0 Å². The molecule has 2 aromatic rings. The summed E-state index contributed by atoms with van der Waals surface area (Å²) < 4.78 is 10.6. The molecule has 7 heteroatoms. The van der Waals surface area contributed by atoms with E-state index in [1.54, 1.807) is 19.2 Å². The first-order valence-corrected chi connectivity index (χ1v) is 9.19. The Morgan fingerprint density at radius 2 is 2.12 bits per heavy atom. The maximum atomic E-state index is 11.7. The van der Waals surface area contributed by atoms with Crippen molar-refractivity contribution in [1.29, 1.82) is 0 Å². The lowest BCUT2D eigenvalue weighted by molar-refractivity contribution is -0.118. The summed E-state index contributed by atoms with van der Waals surface area (Å²) in [5.41, 5.74) is 1.74. The first-order chi connectivity index (χ1) is 11.6. The fraction of sp³-hybridized carbons (Fsp3) is 0.412. The zero-order chi connectivity index (χ0) is 17.4. The number of nitrogens with one attached hydrogen (secondary N) is 1. The van der Waals surface area contributed by atoms with Crippen molar-refractivity contribution in [3.8, 4) is 11.5 Å². The van der Waals surface area contributed by atoms with E-state index in [-0.39, 0.29) is 5.91 Å². The number of nitrogens with zero attached hydrogens (tertiary/aromatic N) is 1. The summed E-state index contributed by atoms with van der Waals surface area (Å²) in [6, 6.07) is 7.35. The number of carbonyl (C=O) groups is 1. The van der Waals surface area contributed by atoms with E-state index >= 15 is 0 Å². The highest BCUT2D eigenvalue weighted by molar-refractivity contribution is 7.99. The Hall–Kier alpha value is -1.50. The first-order valence-electron chi connectivity index (χ1n) is 7.65. The van der Waals surface area contributed by atoms with Gasteiger partial charge in [0.15, 0.2) is 0 Å². The number of oxazole rings is 1.